The lowest BCUT2D eigenvalue weighted by molar-refractivity contribution is -0.149. The largest absolute Gasteiger partial charge is 0.481 e. The third-order valence-electron chi connectivity index (χ3n) is 4.73. The Bertz CT molecular complexity index is 572. The number of pyridine rings is 1. The van der Waals surface area contributed by atoms with Gasteiger partial charge in [0.15, 0.2) is 0 Å². The first-order valence-corrected chi connectivity index (χ1v) is 7.23. The van der Waals surface area contributed by atoms with Crippen LogP contribution in [0.4, 0.5) is 10.6 Å². The smallest absolute Gasteiger partial charge is 0.323 e. The number of aliphatic carboxylic acids is 1. The summed E-state index contributed by atoms with van der Waals surface area (Å²) in [4.78, 5) is 29.6. The first-order valence-electron chi connectivity index (χ1n) is 7.23. The zero-order valence-electron chi connectivity index (χ0n) is 12.0. The molecule has 2 amide bonds. The van der Waals surface area contributed by atoms with E-state index in [4.69, 9.17) is 0 Å². The second-order valence-corrected chi connectivity index (χ2v) is 6.08. The number of carboxylic acids is 1. The number of carbonyl (C=O) groups is 2. The topological polar surface area (TPSA) is 82.5 Å². The number of nitrogens with zero attached hydrogens (tertiary/aromatic N) is 2. The number of nitrogens with one attached hydrogen (secondary N) is 1. The second-order valence-electron chi connectivity index (χ2n) is 6.08. The van der Waals surface area contributed by atoms with Crippen molar-refractivity contribution >= 4 is 17.8 Å². The van der Waals surface area contributed by atoms with E-state index in [9.17, 15) is 14.7 Å². The Balaban J connectivity index is 1.70. The molecule has 6 nitrogen and oxygen atoms in total. The van der Waals surface area contributed by atoms with Gasteiger partial charge in [0, 0.05) is 19.3 Å². The number of anilines is 1. The molecule has 1 saturated carbocycles. The van der Waals surface area contributed by atoms with Crippen LogP contribution in [0.5, 0.6) is 0 Å². The lowest BCUT2D eigenvalue weighted by Gasteiger charge is -2.23. The van der Waals surface area contributed by atoms with E-state index in [0.29, 0.717) is 25.3 Å². The number of aryl methyl sites for hydroxylation is 1. The minimum absolute atomic E-state index is 0.0757. The monoisotopic (exact) mass is 289 g/mol. The van der Waals surface area contributed by atoms with Gasteiger partial charge in [-0.15, -0.1) is 0 Å². The molecule has 1 aliphatic carbocycles. The van der Waals surface area contributed by atoms with E-state index in [1.807, 2.05) is 13.0 Å². The number of rotatable bonds is 2. The highest BCUT2D eigenvalue weighted by molar-refractivity contribution is 5.89. The molecule has 2 fully saturated rings. The summed E-state index contributed by atoms with van der Waals surface area (Å²) in [5.41, 5.74) is 0.284. The summed E-state index contributed by atoms with van der Waals surface area (Å²) < 4.78 is 0. The summed E-state index contributed by atoms with van der Waals surface area (Å²) in [5, 5.41) is 12.3. The van der Waals surface area contributed by atoms with Crippen LogP contribution in [0.15, 0.2) is 18.3 Å². The quantitative estimate of drug-likeness (QED) is 0.873. The second kappa shape index (κ2) is 5.02. The Morgan fingerprint density at radius 1 is 1.48 bits per heavy atom. The van der Waals surface area contributed by atoms with E-state index in [0.717, 1.165) is 18.4 Å². The first kappa shape index (κ1) is 13.9. The van der Waals surface area contributed by atoms with Crippen molar-refractivity contribution in [1.82, 2.24) is 9.88 Å². The van der Waals surface area contributed by atoms with Gasteiger partial charge >= 0.3 is 12.0 Å². The highest BCUT2D eigenvalue weighted by Gasteiger charge is 2.55. The van der Waals surface area contributed by atoms with Crippen LogP contribution in [0.1, 0.15) is 24.8 Å². The van der Waals surface area contributed by atoms with Crippen LogP contribution in [-0.4, -0.2) is 40.1 Å². The summed E-state index contributed by atoms with van der Waals surface area (Å²) in [5.74, 6) is -0.201. The third-order valence-corrected chi connectivity index (χ3v) is 4.73. The zero-order chi connectivity index (χ0) is 15.0. The molecular weight excluding hydrogens is 270 g/mol. The normalized spacial score (nSPS) is 27.5. The number of amides is 2. The van der Waals surface area contributed by atoms with E-state index >= 15 is 0 Å². The van der Waals surface area contributed by atoms with E-state index < -0.39 is 11.4 Å². The maximum atomic E-state index is 12.3. The van der Waals surface area contributed by atoms with Gasteiger partial charge in [0.1, 0.15) is 5.82 Å². The molecule has 1 aromatic heterocycles. The number of carbonyl (C=O) groups excluding carboxylic acids is 1. The minimum Gasteiger partial charge on any atom is -0.481 e. The third kappa shape index (κ3) is 2.34. The van der Waals surface area contributed by atoms with E-state index in [1.54, 1.807) is 17.2 Å². The van der Waals surface area contributed by atoms with Crippen molar-refractivity contribution < 1.29 is 14.7 Å². The molecule has 2 aliphatic rings. The van der Waals surface area contributed by atoms with Crippen molar-refractivity contribution in [3.8, 4) is 0 Å². The number of fused-ring (bicyclic) bond motifs is 1. The van der Waals surface area contributed by atoms with Gasteiger partial charge in [-0.1, -0.05) is 12.5 Å². The summed E-state index contributed by atoms with van der Waals surface area (Å²) in [6.45, 7) is 2.74. The highest BCUT2D eigenvalue weighted by Crippen LogP contribution is 2.48. The molecule has 0 spiro atoms. The SMILES string of the molecule is Cc1ccc(NC(=O)N2C[C@@H]3CCC[C@@]3(C(=O)O)C2)nc1. The number of carboxylic acid groups (broad SMARTS) is 1. The standard InChI is InChI=1S/C15H19N3O3/c1-10-4-5-12(16-7-10)17-14(21)18-8-11-3-2-6-15(11,9-18)13(19)20/h4-5,7,11H,2-3,6,8-9H2,1H3,(H,19,20)(H,16,17,21)/t11-,15+/m0/s1. The van der Waals surface area contributed by atoms with E-state index in [1.165, 1.54) is 0 Å². The van der Waals surface area contributed by atoms with Gasteiger partial charge in [0.25, 0.3) is 0 Å². The number of hydrogen-bond donors (Lipinski definition) is 2. The molecular formula is C15H19N3O3. The summed E-state index contributed by atoms with van der Waals surface area (Å²) in [6.07, 6.45) is 4.18. The molecule has 0 aromatic carbocycles. The maximum absolute atomic E-state index is 12.3. The number of urea groups is 1. The predicted octanol–water partition coefficient (Wildman–Crippen LogP) is 2.11. The molecule has 0 radical (unpaired) electrons. The molecule has 21 heavy (non-hydrogen) atoms. The maximum Gasteiger partial charge on any atom is 0.323 e. The molecule has 6 heteroatoms. The Kier molecular flexibility index (Phi) is 3.31. The van der Waals surface area contributed by atoms with Crippen molar-refractivity contribution in [2.75, 3.05) is 18.4 Å². The fourth-order valence-electron chi connectivity index (χ4n) is 3.52. The molecule has 1 aromatic rings. The molecule has 2 N–H and O–H groups in total. The summed E-state index contributed by atoms with van der Waals surface area (Å²) in [7, 11) is 0. The minimum atomic E-state index is -0.770. The molecule has 2 atom stereocenters. The highest BCUT2D eigenvalue weighted by atomic mass is 16.4. The number of likely N-dealkylation sites (tertiary alicyclic amines) is 1. The molecule has 1 aliphatic heterocycles. The van der Waals surface area contributed by atoms with Crippen LogP contribution >= 0.6 is 0 Å². The van der Waals surface area contributed by atoms with E-state index in [2.05, 4.69) is 10.3 Å². The van der Waals surface area contributed by atoms with Crippen LogP contribution in [-0.2, 0) is 4.79 Å². The Morgan fingerprint density at radius 3 is 2.90 bits per heavy atom. The molecule has 0 bridgehead atoms. The van der Waals surface area contributed by atoms with Gasteiger partial charge in [0.2, 0.25) is 0 Å². The fraction of sp³-hybridized carbons (Fsp3) is 0.533. The van der Waals surface area contributed by atoms with Gasteiger partial charge in [-0.3, -0.25) is 10.1 Å². The fourth-order valence-corrected chi connectivity index (χ4v) is 3.52. The Morgan fingerprint density at radius 2 is 2.29 bits per heavy atom. The Labute approximate surface area is 123 Å². The molecule has 0 unspecified atom stereocenters. The summed E-state index contributed by atoms with van der Waals surface area (Å²) >= 11 is 0. The summed E-state index contributed by atoms with van der Waals surface area (Å²) in [6, 6.07) is 3.36. The zero-order valence-corrected chi connectivity index (χ0v) is 12.0. The van der Waals surface area contributed by atoms with Crippen molar-refractivity contribution in [1.29, 1.82) is 0 Å². The van der Waals surface area contributed by atoms with Crippen molar-refractivity contribution in [2.24, 2.45) is 11.3 Å². The van der Waals surface area contributed by atoms with Gasteiger partial charge in [-0.05, 0) is 37.3 Å². The van der Waals surface area contributed by atoms with Crippen LogP contribution in [0.25, 0.3) is 0 Å². The van der Waals surface area contributed by atoms with Crippen LogP contribution < -0.4 is 5.32 Å². The average Bonchev–Trinajstić information content (AvgIpc) is 2.99. The molecule has 2 heterocycles. The van der Waals surface area contributed by atoms with Crippen LogP contribution in [0.3, 0.4) is 0 Å². The van der Waals surface area contributed by atoms with Gasteiger partial charge in [-0.25, -0.2) is 9.78 Å². The number of hydrogen-bond acceptors (Lipinski definition) is 3. The number of aromatic nitrogens is 1. The van der Waals surface area contributed by atoms with E-state index in [-0.39, 0.29) is 11.9 Å². The van der Waals surface area contributed by atoms with Crippen LogP contribution in [0.2, 0.25) is 0 Å². The lowest BCUT2D eigenvalue weighted by atomic mass is 9.81. The van der Waals surface area contributed by atoms with Crippen molar-refractivity contribution in [2.45, 2.75) is 26.2 Å². The van der Waals surface area contributed by atoms with Crippen molar-refractivity contribution in [3.63, 3.8) is 0 Å². The predicted molar refractivity (Wildman–Crippen MR) is 77.0 cm³/mol. The van der Waals surface area contributed by atoms with Gasteiger partial charge in [-0.2, -0.15) is 0 Å². The van der Waals surface area contributed by atoms with Crippen LogP contribution in [0, 0.1) is 18.3 Å². The molecule has 1 saturated heterocycles. The molecule has 112 valence electrons. The Hall–Kier alpha value is -2.11. The van der Waals surface area contributed by atoms with Gasteiger partial charge < -0.3 is 10.0 Å². The average molecular weight is 289 g/mol. The molecule has 3 rings (SSSR count). The first-order chi connectivity index (χ1) is 10.0. The lowest BCUT2D eigenvalue weighted by Crippen LogP contribution is -2.38. The van der Waals surface area contributed by atoms with Crippen molar-refractivity contribution in [3.05, 3.63) is 23.9 Å². The van der Waals surface area contributed by atoms with Gasteiger partial charge in [0.05, 0.1) is 5.41 Å².